The normalized spacial score (nSPS) is 21.8. The topological polar surface area (TPSA) is 29.5 Å². The van der Waals surface area contributed by atoms with E-state index >= 15 is 0 Å². The average molecular weight is 158 g/mol. The minimum absolute atomic E-state index is 0.326. The van der Waals surface area contributed by atoms with E-state index in [2.05, 4.69) is 13.8 Å². The minimum Gasteiger partial charge on any atom is -0.396 e. The lowest BCUT2D eigenvalue weighted by atomic mass is 9.85. The monoisotopic (exact) mass is 158 g/mol. The maximum Gasteiger partial charge on any atom is 0.0519 e. The summed E-state index contributed by atoms with van der Waals surface area (Å²) in [5.74, 6) is 1.79. The van der Waals surface area contributed by atoms with E-state index in [0.29, 0.717) is 24.4 Å². The molecule has 2 nitrogen and oxygen atoms in total. The van der Waals surface area contributed by atoms with Crippen LogP contribution in [-0.2, 0) is 4.74 Å². The molecule has 0 aromatic carbocycles. The van der Waals surface area contributed by atoms with Crippen LogP contribution in [0.2, 0.25) is 0 Å². The first-order valence-corrected chi connectivity index (χ1v) is 4.42. The van der Waals surface area contributed by atoms with E-state index in [9.17, 15) is 0 Å². The Kier molecular flexibility index (Phi) is 3.34. The Hall–Kier alpha value is -0.0800. The fourth-order valence-electron chi connectivity index (χ4n) is 1.55. The Balaban J connectivity index is 2.23. The maximum absolute atomic E-state index is 9.05. The van der Waals surface area contributed by atoms with E-state index in [0.717, 1.165) is 19.6 Å². The van der Waals surface area contributed by atoms with Gasteiger partial charge in [0.2, 0.25) is 0 Å². The van der Waals surface area contributed by atoms with Crippen LogP contribution in [0.3, 0.4) is 0 Å². The van der Waals surface area contributed by atoms with Crippen molar-refractivity contribution in [2.24, 2.45) is 17.8 Å². The second kappa shape index (κ2) is 4.07. The average Bonchev–Trinajstić information content (AvgIpc) is 1.81. The van der Waals surface area contributed by atoms with E-state index in [1.54, 1.807) is 0 Å². The Labute approximate surface area is 68.6 Å². The highest BCUT2D eigenvalue weighted by atomic mass is 16.5. The third-order valence-corrected chi connectivity index (χ3v) is 2.34. The van der Waals surface area contributed by atoms with Crippen LogP contribution in [0.4, 0.5) is 0 Å². The molecule has 1 rings (SSSR count). The lowest BCUT2D eigenvalue weighted by Crippen LogP contribution is -2.36. The molecule has 0 bridgehead atoms. The molecule has 66 valence electrons. The van der Waals surface area contributed by atoms with E-state index in [1.165, 1.54) is 0 Å². The van der Waals surface area contributed by atoms with E-state index in [4.69, 9.17) is 9.84 Å². The van der Waals surface area contributed by atoms with Crippen molar-refractivity contribution in [1.82, 2.24) is 0 Å². The second-order valence-corrected chi connectivity index (χ2v) is 3.87. The first-order valence-electron chi connectivity index (χ1n) is 4.42. The second-order valence-electron chi connectivity index (χ2n) is 3.87. The Morgan fingerprint density at radius 1 is 1.45 bits per heavy atom. The van der Waals surface area contributed by atoms with Crippen molar-refractivity contribution in [3.8, 4) is 0 Å². The van der Waals surface area contributed by atoms with Crippen molar-refractivity contribution >= 4 is 0 Å². The molecule has 0 aliphatic carbocycles. The van der Waals surface area contributed by atoms with Crippen LogP contribution in [0.1, 0.15) is 20.3 Å². The van der Waals surface area contributed by atoms with Gasteiger partial charge < -0.3 is 9.84 Å². The van der Waals surface area contributed by atoms with Gasteiger partial charge in [-0.3, -0.25) is 0 Å². The number of hydrogen-bond donors (Lipinski definition) is 1. The largest absolute Gasteiger partial charge is 0.396 e. The van der Waals surface area contributed by atoms with E-state index < -0.39 is 0 Å². The van der Waals surface area contributed by atoms with Gasteiger partial charge in [-0.25, -0.2) is 0 Å². The molecule has 0 spiro atoms. The van der Waals surface area contributed by atoms with Gasteiger partial charge in [0.15, 0.2) is 0 Å². The lowest BCUT2D eigenvalue weighted by Gasteiger charge is -2.33. The number of rotatable bonds is 4. The first kappa shape index (κ1) is 9.01. The first-order chi connectivity index (χ1) is 5.24. The van der Waals surface area contributed by atoms with Crippen molar-refractivity contribution in [2.45, 2.75) is 20.3 Å². The number of hydrogen-bond acceptors (Lipinski definition) is 2. The van der Waals surface area contributed by atoms with Crippen LogP contribution < -0.4 is 0 Å². The summed E-state index contributed by atoms with van der Waals surface area (Å²) in [6.45, 7) is 6.44. The molecular weight excluding hydrogens is 140 g/mol. The van der Waals surface area contributed by atoms with Crippen molar-refractivity contribution < 1.29 is 9.84 Å². The van der Waals surface area contributed by atoms with Crippen LogP contribution >= 0.6 is 0 Å². The van der Waals surface area contributed by atoms with Crippen LogP contribution in [0.5, 0.6) is 0 Å². The summed E-state index contributed by atoms with van der Waals surface area (Å²) in [6.07, 6.45) is 1.13. The molecule has 1 fully saturated rings. The van der Waals surface area contributed by atoms with Crippen molar-refractivity contribution in [2.75, 3.05) is 19.8 Å². The summed E-state index contributed by atoms with van der Waals surface area (Å²) in [5.41, 5.74) is 0. The van der Waals surface area contributed by atoms with Gasteiger partial charge in [0, 0.05) is 12.5 Å². The summed E-state index contributed by atoms with van der Waals surface area (Å²) in [6, 6.07) is 0. The molecule has 0 amide bonds. The highest BCUT2D eigenvalue weighted by Gasteiger charge is 2.27. The highest BCUT2D eigenvalue weighted by molar-refractivity contribution is 4.75. The fraction of sp³-hybridized carbons (Fsp3) is 1.00. The van der Waals surface area contributed by atoms with Crippen LogP contribution in [0.25, 0.3) is 0 Å². The standard InChI is InChI=1S/C9H18O2/c1-7(2)3-8(4-10)9-5-11-6-9/h7-10H,3-6H2,1-2H3. The van der Waals surface area contributed by atoms with Crippen molar-refractivity contribution in [3.63, 3.8) is 0 Å². The fourth-order valence-corrected chi connectivity index (χ4v) is 1.55. The molecule has 0 aromatic rings. The minimum atomic E-state index is 0.326. The van der Waals surface area contributed by atoms with Gasteiger partial charge >= 0.3 is 0 Å². The van der Waals surface area contributed by atoms with Crippen LogP contribution in [-0.4, -0.2) is 24.9 Å². The summed E-state index contributed by atoms with van der Waals surface area (Å²) in [4.78, 5) is 0. The molecule has 1 atom stereocenters. The molecule has 1 N–H and O–H groups in total. The quantitative estimate of drug-likeness (QED) is 0.668. The van der Waals surface area contributed by atoms with Gasteiger partial charge in [-0.05, 0) is 18.3 Å². The van der Waals surface area contributed by atoms with Gasteiger partial charge in [-0.2, -0.15) is 0 Å². The molecule has 1 saturated heterocycles. The van der Waals surface area contributed by atoms with Crippen LogP contribution in [0.15, 0.2) is 0 Å². The zero-order valence-electron chi connectivity index (χ0n) is 7.42. The van der Waals surface area contributed by atoms with Crippen LogP contribution in [0, 0.1) is 17.8 Å². The third kappa shape index (κ3) is 2.46. The van der Waals surface area contributed by atoms with E-state index in [1.807, 2.05) is 0 Å². The zero-order chi connectivity index (χ0) is 8.27. The SMILES string of the molecule is CC(C)CC(CO)C1COC1. The smallest absolute Gasteiger partial charge is 0.0519 e. The molecular formula is C9H18O2. The Morgan fingerprint density at radius 2 is 2.09 bits per heavy atom. The Morgan fingerprint density at radius 3 is 2.36 bits per heavy atom. The molecule has 0 aromatic heterocycles. The predicted molar refractivity (Wildman–Crippen MR) is 44.3 cm³/mol. The predicted octanol–water partition coefficient (Wildman–Crippen LogP) is 1.29. The molecule has 11 heavy (non-hydrogen) atoms. The van der Waals surface area contributed by atoms with Gasteiger partial charge in [0.25, 0.3) is 0 Å². The van der Waals surface area contributed by atoms with Gasteiger partial charge in [0.1, 0.15) is 0 Å². The zero-order valence-corrected chi connectivity index (χ0v) is 7.42. The number of aliphatic hydroxyl groups is 1. The molecule has 2 heteroatoms. The summed E-state index contributed by atoms with van der Waals surface area (Å²) >= 11 is 0. The summed E-state index contributed by atoms with van der Waals surface area (Å²) in [7, 11) is 0. The molecule has 1 aliphatic rings. The van der Waals surface area contributed by atoms with Gasteiger partial charge in [0.05, 0.1) is 13.2 Å². The van der Waals surface area contributed by atoms with E-state index in [-0.39, 0.29) is 0 Å². The molecule has 1 unspecified atom stereocenters. The molecule has 0 radical (unpaired) electrons. The van der Waals surface area contributed by atoms with Gasteiger partial charge in [-0.15, -0.1) is 0 Å². The molecule has 1 heterocycles. The summed E-state index contributed by atoms with van der Waals surface area (Å²) in [5, 5.41) is 9.05. The van der Waals surface area contributed by atoms with Gasteiger partial charge in [-0.1, -0.05) is 13.8 Å². The third-order valence-electron chi connectivity index (χ3n) is 2.34. The molecule has 0 saturated carbocycles. The lowest BCUT2D eigenvalue weighted by molar-refractivity contribution is -0.0749. The Bertz CT molecular complexity index is 108. The maximum atomic E-state index is 9.05. The van der Waals surface area contributed by atoms with Crippen molar-refractivity contribution in [3.05, 3.63) is 0 Å². The summed E-state index contributed by atoms with van der Waals surface area (Å²) < 4.78 is 5.09. The molecule has 1 aliphatic heterocycles. The number of ether oxygens (including phenoxy) is 1. The highest BCUT2D eigenvalue weighted by Crippen LogP contribution is 2.25. The number of aliphatic hydroxyl groups excluding tert-OH is 1. The van der Waals surface area contributed by atoms with Crippen molar-refractivity contribution in [1.29, 1.82) is 0 Å².